The summed E-state index contributed by atoms with van der Waals surface area (Å²) in [5.74, 6) is -0.345. The third kappa shape index (κ3) is 4.36. The van der Waals surface area contributed by atoms with Gasteiger partial charge in [-0.3, -0.25) is 0 Å². The summed E-state index contributed by atoms with van der Waals surface area (Å²) < 4.78 is 0.0489. The average Bonchev–Trinajstić information content (AvgIpc) is 2.42. The van der Waals surface area contributed by atoms with Crippen LogP contribution in [0.15, 0.2) is 48.0 Å². The largest absolute Gasteiger partial charge is 0.478 e. The highest BCUT2D eigenvalue weighted by atomic mass is 32.2. The van der Waals surface area contributed by atoms with E-state index in [1.165, 1.54) is 0 Å². The summed E-state index contributed by atoms with van der Waals surface area (Å²) in [6.45, 7) is 6.28. The lowest BCUT2D eigenvalue weighted by molar-refractivity contribution is -0.132. The standard InChI is InChI=1S/C18H20O2S/c1-18(2,3)21-12-15(17(19)20)11-14-9-6-8-13-7-4-5-10-16(13)14/h4-11H,12H2,1-3H3,(H,19,20). The number of benzene rings is 2. The molecular weight excluding hydrogens is 280 g/mol. The van der Waals surface area contributed by atoms with Gasteiger partial charge in [0.1, 0.15) is 0 Å². The number of rotatable bonds is 4. The highest BCUT2D eigenvalue weighted by Gasteiger charge is 2.15. The van der Waals surface area contributed by atoms with Crippen molar-refractivity contribution in [2.75, 3.05) is 5.75 Å². The summed E-state index contributed by atoms with van der Waals surface area (Å²) >= 11 is 1.65. The zero-order chi connectivity index (χ0) is 15.5. The first-order valence-corrected chi connectivity index (χ1v) is 7.91. The van der Waals surface area contributed by atoms with Gasteiger partial charge in [-0.25, -0.2) is 4.79 Å². The van der Waals surface area contributed by atoms with Crippen molar-refractivity contribution < 1.29 is 9.90 Å². The van der Waals surface area contributed by atoms with Gasteiger partial charge in [-0.15, -0.1) is 0 Å². The Labute approximate surface area is 129 Å². The second kappa shape index (κ2) is 6.35. The van der Waals surface area contributed by atoms with Crippen molar-refractivity contribution in [3.8, 4) is 0 Å². The fraction of sp³-hybridized carbons (Fsp3) is 0.278. The molecule has 0 aliphatic carbocycles. The maximum Gasteiger partial charge on any atom is 0.332 e. The molecule has 0 spiro atoms. The first-order valence-electron chi connectivity index (χ1n) is 6.92. The van der Waals surface area contributed by atoms with Crippen LogP contribution in [0.25, 0.3) is 16.8 Å². The van der Waals surface area contributed by atoms with Crippen molar-refractivity contribution in [3.63, 3.8) is 0 Å². The monoisotopic (exact) mass is 300 g/mol. The highest BCUT2D eigenvalue weighted by Crippen LogP contribution is 2.27. The van der Waals surface area contributed by atoms with Crippen LogP contribution in [-0.2, 0) is 4.79 Å². The number of carboxylic acids is 1. The lowest BCUT2D eigenvalue weighted by Gasteiger charge is -2.17. The maximum atomic E-state index is 11.5. The molecule has 1 N–H and O–H groups in total. The van der Waals surface area contributed by atoms with E-state index in [0.717, 1.165) is 16.3 Å². The molecule has 0 aliphatic rings. The molecule has 0 aliphatic heterocycles. The predicted molar refractivity (Wildman–Crippen MR) is 91.8 cm³/mol. The van der Waals surface area contributed by atoms with Crippen molar-refractivity contribution in [1.29, 1.82) is 0 Å². The van der Waals surface area contributed by atoms with Crippen molar-refractivity contribution in [1.82, 2.24) is 0 Å². The first kappa shape index (κ1) is 15.6. The third-order valence-corrected chi connectivity index (χ3v) is 4.41. The number of carboxylic acid groups (broad SMARTS) is 1. The minimum Gasteiger partial charge on any atom is -0.478 e. The molecule has 3 heteroatoms. The van der Waals surface area contributed by atoms with Gasteiger partial charge in [-0.2, -0.15) is 11.8 Å². The van der Waals surface area contributed by atoms with E-state index in [-0.39, 0.29) is 4.75 Å². The highest BCUT2D eigenvalue weighted by molar-refractivity contribution is 8.00. The number of carbonyl (C=O) groups is 1. The van der Waals surface area contributed by atoms with Crippen LogP contribution in [0.2, 0.25) is 0 Å². The molecule has 0 saturated carbocycles. The van der Waals surface area contributed by atoms with Gasteiger partial charge < -0.3 is 5.11 Å². The second-order valence-corrected chi connectivity index (χ2v) is 7.75. The van der Waals surface area contributed by atoms with Crippen LogP contribution in [0, 0.1) is 0 Å². The van der Waals surface area contributed by atoms with Crippen LogP contribution in [0.4, 0.5) is 0 Å². The molecule has 0 amide bonds. The zero-order valence-corrected chi connectivity index (χ0v) is 13.4. The summed E-state index contributed by atoms with van der Waals surface area (Å²) in [6, 6.07) is 14.0. The molecule has 0 atom stereocenters. The number of hydrogen-bond donors (Lipinski definition) is 1. The molecule has 110 valence electrons. The molecule has 0 bridgehead atoms. The molecule has 2 nitrogen and oxygen atoms in total. The lowest BCUT2D eigenvalue weighted by atomic mass is 10.0. The van der Waals surface area contributed by atoms with Crippen molar-refractivity contribution in [2.24, 2.45) is 0 Å². The summed E-state index contributed by atoms with van der Waals surface area (Å²) in [5, 5.41) is 11.6. The Balaban J connectivity index is 2.38. The Bertz CT molecular complexity index is 676. The van der Waals surface area contributed by atoms with Crippen LogP contribution in [-0.4, -0.2) is 21.6 Å². The van der Waals surface area contributed by atoms with Crippen LogP contribution >= 0.6 is 11.8 Å². The Kier molecular flexibility index (Phi) is 4.73. The molecule has 21 heavy (non-hydrogen) atoms. The van der Waals surface area contributed by atoms with E-state index in [2.05, 4.69) is 20.8 Å². The van der Waals surface area contributed by atoms with E-state index in [4.69, 9.17) is 0 Å². The summed E-state index contributed by atoms with van der Waals surface area (Å²) in [6.07, 6.45) is 1.80. The van der Waals surface area contributed by atoms with Crippen molar-refractivity contribution in [3.05, 3.63) is 53.6 Å². The number of thioether (sulfide) groups is 1. The number of aliphatic carboxylic acids is 1. The average molecular weight is 300 g/mol. The molecular formula is C18H20O2S. The zero-order valence-electron chi connectivity index (χ0n) is 12.6. The Morgan fingerprint density at radius 1 is 1.14 bits per heavy atom. The molecule has 0 heterocycles. The van der Waals surface area contributed by atoms with E-state index >= 15 is 0 Å². The van der Waals surface area contributed by atoms with Gasteiger partial charge in [-0.05, 0) is 22.4 Å². The Hall–Kier alpha value is -1.74. The van der Waals surface area contributed by atoms with Gasteiger partial charge in [-0.1, -0.05) is 63.2 Å². The van der Waals surface area contributed by atoms with Gasteiger partial charge in [0.2, 0.25) is 0 Å². The predicted octanol–water partition coefficient (Wildman–Crippen LogP) is 4.84. The smallest absolute Gasteiger partial charge is 0.332 e. The normalized spacial score (nSPS) is 12.6. The maximum absolute atomic E-state index is 11.5. The fourth-order valence-electron chi connectivity index (χ4n) is 2.02. The van der Waals surface area contributed by atoms with E-state index < -0.39 is 5.97 Å². The number of hydrogen-bond acceptors (Lipinski definition) is 2. The molecule has 2 rings (SSSR count). The minimum atomic E-state index is -0.848. The first-order chi connectivity index (χ1) is 9.87. The van der Waals surface area contributed by atoms with Crippen LogP contribution in [0.1, 0.15) is 26.3 Å². The lowest BCUT2D eigenvalue weighted by Crippen LogP contribution is -2.12. The molecule has 0 fully saturated rings. The molecule has 0 aromatic heterocycles. The van der Waals surface area contributed by atoms with Crippen molar-refractivity contribution in [2.45, 2.75) is 25.5 Å². The number of fused-ring (bicyclic) bond motifs is 1. The topological polar surface area (TPSA) is 37.3 Å². The molecule has 2 aromatic rings. The Morgan fingerprint density at radius 2 is 1.81 bits per heavy atom. The van der Waals surface area contributed by atoms with Gasteiger partial charge in [0.15, 0.2) is 0 Å². The van der Waals surface area contributed by atoms with Gasteiger partial charge in [0.05, 0.1) is 0 Å². The fourth-order valence-corrected chi connectivity index (χ4v) is 2.82. The Morgan fingerprint density at radius 3 is 2.48 bits per heavy atom. The molecule has 0 radical (unpaired) electrons. The quantitative estimate of drug-likeness (QED) is 0.821. The van der Waals surface area contributed by atoms with Crippen molar-refractivity contribution >= 4 is 34.6 Å². The van der Waals surface area contributed by atoms with Gasteiger partial charge in [0.25, 0.3) is 0 Å². The summed E-state index contributed by atoms with van der Waals surface area (Å²) in [5.41, 5.74) is 1.39. The minimum absolute atomic E-state index is 0.0489. The molecule has 0 saturated heterocycles. The molecule has 2 aromatic carbocycles. The van der Waals surface area contributed by atoms with Crippen LogP contribution in [0.3, 0.4) is 0 Å². The van der Waals surface area contributed by atoms with Gasteiger partial charge in [0, 0.05) is 16.1 Å². The summed E-state index contributed by atoms with van der Waals surface area (Å²) in [7, 11) is 0. The van der Waals surface area contributed by atoms with E-state index in [1.807, 2.05) is 42.5 Å². The van der Waals surface area contributed by atoms with E-state index in [9.17, 15) is 9.90 Å². The second-order valence-electron chi connectivity index (χ2n) is 5.94. The third-order valence-electron chi connectivity index (χ3n) is 3.09. The molecule has 0 unspecified atom stereocenters. The van der Waals surface area contributed by atoms with E-state index in [0.29, 0.717) is 11.3 Å². The van der Waals surface area contributed by atoms with Gasteiger partial charge >= 0.3 is 5.97 Å². The summed E-state index contributed by atoms with van der Waals surface area (Å²) in [4.78, 5) is 11.5. The van der Waals surface area contributed by atoms with Crippen LogP contribution < -0.4 is 0 Å². The SMILES string of the molecule is CC(C)(C)SCC(=Cc1cccc2ccccc12)C(=O)O. The van der Waals surface area contributed by atoms with Crippen LogP contribution in [0.5, 0.6) is 0 Å². The van der Waals surface area contributed by atoms with E-state index in [1.54, 1.807) is 17.8 Å².